The monoisotopic (exact) mass is 413 g/mol. The van der Waals surface area contributed by atoms with Gasteiger partial charge in [0.05, 0.1) is 12.2 Å². The van der Waals surface area contributed by atoms with E-state index in [9.17, 15) is 4.79 Å². The second-order valence-electron chi connectivity index (χ2n) is 6.82. The van der Waals surface area contributed by atoms with Crippen LogP contribution < -0.4 is 10.2 Å². The number of hydrogen-bond donors (Lipinski definition) is 1. The highest BCUT2D eigenvalue weighted by Gasteiger charge is 2.23. The fraction of sp³-hybridized carbons (Fsp3) is 0.350. The van der Waals surface area contributed by atoms with Gasteiger partial charge in [-0.2, -0.15) is 0 Å². The van der Waals surface area contributed by atoms with Gasteiger partial charge in [-0.3, -0.25) is 9.69 Å². The highest BCUT2D eigenvalue weighted by atomic mass is 32.1. The van der Waals surface area contributed by atoms with Crippen molar-refractivity contribution in [3.8, 4) is 0 Å². The molecule has 4 rings (SSSR count). The molecule has 0 bridgehead atoms. The molecular formula is C20H23N5OS2. The SMILES string of the molecule is Cc1csc(N2CCN(CC(=O)NC(c3ccccc3)c3nccs3)CC2)n1. The number of nitrogens with zero attached hydrogens (tertiary/aromatic N) is 4. The van der Waals surface area contributed by atoms with E-state index in [2.05, 4.69) is 30.5 Å². The van der Waals surface area contributed by atoms with Gasteiger partial charge in [-0.25, -0.2) is 9.97 Å². The van der Waals surface area contributed by atoms with E-state index >= 15 is 0 Å². The molecule has 28 heavy (non-hydrogen) atoms. The van der Waals surface area contributed by atoms with Gasteiger partial charge in [-0.05, 0) is 12.5 Å². The lowest BCUT2D eigenvalue weighted by atomic mass is 10.1. The van der Waals surface area contributed by atoms with Crippen molar-refractivity contribution in [3.63, 3.8) is 0 Å². The summed E-state index contributed by atoms with van der Waals surface area (Å²) in [6, 6.07) is 9.81. The Labute approximate surface area is 172 Å². The van der Waals surface area contributed by atoms with Crippen LogP contribution in [0.5, 0.6) is 0 Å². The topological polar surface area (TPSA) is 61.4 Å². The molecule has 146 valence electrons. The summed E-state index contributed by atoms with van der Waals surface area (Å²) in [6.07, 6.45) is 1.78. The number of benzene rings is 1. The average molecular weight is 414 g/mol. The number of aromatic nitrogens is 2. The maximum Gasteiger partial charge on any atom is 0.235 e. The minimum absolute atomic E-state index is 0.0302. The van der Waals surface area contributed by atoms with Gasteiger partial charge in [0, 0.05) is 43.1 Å². The Balaban J connectivity index is 1.34. The van der Waals surface area contributed by atoms with E-state index in [4.69, 9.17) is 0 Å². The van der Waals surface area contributed by atoms with E-state index in [1.54, 1.807) is 28.9 Å². The van der Waals surface area contributed by atoms with Crippen molar-refractivity contribution < 1.29 is 4.79 Å². The molecular weight excluding hydrogens is 390 g/mol. The van der Waals surface area contributed by atoms with E-state index in [1.807, 2.05) is 42.6 Å². The van der Waals surface area contributed by atoms with Gasteiger partial charge in [0.1, 0.15) is 11.0 Å². The summed E-state index contributed by atoms with van der Waals surface area (Å²) in [5.74, 6) is 0.0302. The molecule has 1 fully saturated rings. The molecule has 6 nitrogen and oxygen atoms in total. The largest absolute Gasteiger partial charge is 0.346 e. The normalized spacial score (nSPS) is 16.1. The third kappa shape index (κ3) is 4.57. The number of anilines is 1. The van der Waals surface area contributed by atoms with Crippen molar-refractivity contribution in [3.05, 3.63) is 63.6 Å². The minimum atomic E-state index is -0.201. The molecule has 1 unspecified atom stereocenters. The summed E-state index contributed by atoms with van der Waals surface area (Å²) in [6.45, 7) is 5.94. The zero-order valence-corrected chi connectivity index (χ0v) is 17.4. The number of carbonyl (C=O) groups is 1. The number of hydrogen-bond acceptors (Lipinski definition) is 7. The van der Waals surface area contributed by atoms with Crippen LogP contribution in [-0.4, -0.2) is 53.5 Å². The Morgan fingerprint density at radius 1 is 1.18 bits per heavy atom. The van der Waals surface area contributed by atoms with Crippen molar-refractivity contribution >= 4 is 33.7 Å². The molecule has 0 aliphatic carbocycles. The smallest absolute Gasteiger partial charge is 0.235 e. The van der Waals surface area contributed by atoms with Crippen LogP contribution in [0.4, 0.5) is 5.13 Å². The Morgan fingerprint density at radius 3 is 2.61 bits per heavy atom. The van der Waals surface area contributed by atoms with E-state index in [1.165, 1.54) is 0 Å². The first-order valence-electron chi connectivity index (χ1n) is 9.32. The number of carbonyl (C=O) groups excluding carboxylic acids is 1. The molecule has 1 saturated heterocycles. The number of amides is 1. The fourth-order valence-corrected chi connectivity index (χ4v) is 4.87. The lowest BCUT2D eigenvalue weighted by molar-refractivity contribution is -0.122. The zero-order chi connectivity index (χ0) is 19.3. The number of piperazine rings is 1. The molecule has 8 heteroatoms. The van der Waals surface area contributed by atoms with E-state index in [-0.39, 0.29) is 11.9 Å². The van der Waals surface area contributed by atoms with Gasteiger partial charge in [0.15, 0.2) is 5.13 Å². The average Bonchev–Trinajstić information content (AvgIpc) is 3.39. The second kappa shape index (κ2) is 8.81. The molecule has 1 atom stereocenters. The maximum absolute atomic E-state index is 12.7. The van der Waals surface area contributed by atoms with Crippen molar-refractivity contribution in [1.29, 1.82) is 0 Å². The van der Waals surface area contributed by atoms with E-state index < -0.39 is 0 Å². The molecule has 0 saturated carbocycles. The summed E-state index contributed by atoms with van der Waals surface area (Å²) >= 11 is 3.25. The third-order valence-corrected chi connectivity index (χ3v) is 6.61. The molecule has 2 aromatic heterocycles. The molecule has 1 aromatic carbocycles. The molecule has 1 aliphatic rings. The van der Waals surface area contributed by atoms with Gasteiger partial charge in [-0.15, -0.1) is 22.7 Å². The Hall–Kier alpha value is -2.29. The van der Waals surface area contributed by atoms with Crippen LogP contribution >= 0.6 is 22.7 Å². The minimum Gasteiger partial charge on any atom is -0.346 e. The predicted molar refractivity (Wildman–Crippen MR) is 114 cm³/mol. The van der Waals surface area contributed by atoms with Gasteiger partial charge in [-0.1, -0.05) is 30.3 Å². The number of thiazole rings is 2. The van der Waals surface area contributed by atoms with Gasteiger partial charge < -0.3 is 10.2 Å². The summed E-state index contributed by atoms with van der Waals surface area (Å²) in [7, 11) is 0. The van der Waals surface area contributed by atoms with Crippen LogP contribution in [0.2, 0.25) is 0 Å². The van der Waals surface area contributed by atoms with Crippen molar-refractivity contribution in [2.75, 3.05) is 37.6 Å². The quantitative estimate of drug-likeness (QED) is 0.673. The summed E-state index contributed by atoms with van der Waals surface area (Å²) in [5.41, 5.74) is 2.12. The third-order valence-electron chi connectivity index (χ3n) is 4.75. The van der Waals surface area contributed by atoms with Crippen LogP contribution in [0.1, 0.15) is 22.3 Å². The Morgan fingerprint density at radius 2 is 1.96 bits per heavy atom. The Kier molecular flexibility index (Phi) is 5.99. The van der Waals surface area contributed by atoms with E-state index in [0.29, 0.717) is 6.54 Å². The van der Waals surface area contributed by atoms with Crippen LogP contribution in [0, 0.1) is 6.92 Å². The van der Waals surface area contributed by atoms with Crippen LogP contribution in [0.3, 0.4) is 0 Å². The molecule has 3 aromatic rings. The highest BCUT2D eigenvalue weighted by molar-refractivity contribution is 7.13. The molecule has 1 amide bonds. The van der Waals surface area contributed by atoms with Crippen molar-refractivity contribution in [2.45, 2.75) is 13.0 Å². The predicted octanol–water partition coefficient (Wildman–Crippen LogP) is 2.94. The standard InChI is InChI=1S/C20H23N5OS2/c1-15-14-28-20(22-15)25-10-8-24(9-11-25)13-17(26)23-18(19-21-7-12-27-19)16-5-3-2-4-6-16/h2-7,12,14,18H,8-11,13H2,1H3,(H,23,26). The molecule has 1 N–H and O–H groups in total. The number of nitrogens with one attached hydrogen (secondary N) is 1. The number of rotatable bonds is 6. The molecule has 0 spiro atoms. The summed E-state index contributed by atoms with van der Waals surface area (Å²) in [4.78, 5) is 26.2. The lowest BCUT2D eigenvalue weighted by Gasteiger charge is -2.34. The Bertz CT molecular complexity index is 888. The maximum atomic E-state index is 12.7. The summed E-state index contributed by atoms with van der Waals surface area (Å²) in [5, 5.41) is 9.18. The number of aryl methyl sites for hydroxylation is 1. The first kappa shape index (κ1) is 19.0. The lowest BCUT2D eigenvalue weighted by Crippen LogP contribution is -2.49. The van der Waals surface area contributed by atoms with Gasteiger partial charge >= 0.3 is 0 Å². The van der Waals surface area contributed by atoms with Crippen LogP contribution in [-0.2, 0) is 4.79 Å². The first-order chi connectivity index (χ1) is 13.7. The fourth-order valence-electron chi connectivity index (χ4n) is 3.30. The highest BCUT2D eigenvalue weighted by Crippen LogP contribution is 2.24. The van der Waals surface area contributed by atoms with Crippen molar-refractivity contribution in [1.82, 2.24) is 20.2 Å². The van der Waals surface area contributed by atoms with Crippen molar-refractivity contribution in [2.24, 2.45) is 0 Å². The van der Waals surface area contributed by atoms with Gasteiger partial charge in [0.2, 0.25) is 5.91 Å². The zero-order valence-electron chi connectivity index (χ0n) is 15.7. The van der Waals surface area contributed by atoms with Crippen LogP contribution in [0.25, 0.3) is 0 Å². The molecule has 1 aliphatic heterocycles. The van der Waals surface area contributed by atoms with Gasteiger partial charge in [0.25, 0.3) is 0 Å². The molecule has 3 heterocycles. The first-order valence-corrected chi connectivity index (χ1v) is 11.1. The van der Waals surface area contributed by atoms with E-state index in [0.717, 1.165) is 47.6 Å². The summed E-state index contributed by atoms with van der Waals surface area (Å²) < 4.78 is 0. The second-order valence-corrected chi connectivity index (χ2v) is 8.58. The van der Waals surface area contributed by atoms with Crippen LogP contribution in [0.15, 0.2) is 47.3 Å². The molecule has 0 radical (unpaired) electrons.